The van der Waals surface area contributed by atoms with Gasteiger partial charge in [0, 0.05) is 78.2 Å². The Morgan fingerprint density at radius 2 is 1.47 bits per heavy atom. The molecule has 0 spiro atoms. The smallest absolute Gasteiger partial charge is 0.226 e. The number of hydrogen-bond donors (Lipinski definition) is 4. The Morgan fingerprint density at radius 3 is 2.12 bits per heavy atom. The highest BCUT2D eigenvalue weighted by Crippen LogP contribution is 2.40. The fraction of sp³-hybridized carbons (Fsp3) is 0.320. The van der Waals surface area contributed by atoms with Crippen molar-refractivity contribution in [1.82, 2.24) is 20.2 Å². The zero-order chi connectivity index (χ0) is 46.1. The van der Waals surface area contributed by atoms with Crippen LogP contribution in [-0.4, -0.2) is 79.7 Å². The molecule has 2 heterocycles. The average molecular weight is 886 g/mol. The molecule has 5 aromatic rings. The number of fused-ring (bicyclic) bond motifs is 5. The first-order chi connectivity index (χ1) is 30.6. The van der Waals surface area contributed by atoms with Gasteiger partial charge in [0.25, 0.3) is 0 Å². The first-order valence-corrected chi connectivity index (χ1v) is 21.7. The largest absolute Gasteiger partial charge is 0.507 e. The van der Waals surface area contributed by atoms with Gasteiger partial charge < -0.3 is 26.2 Å². The first-order valence-electron chi connectivity index (χ1n) is 21.3. The highest BCUT2D eigenvalue weighted by Gasteiger charge is 2.36. The molecule has 0 radical (unpaired) electrons. The van der Waals surface area contributed by atoms with Crippen molar-refractivity contribution in [2.24, 2.45) is 23.5 Å². The summed E-state index contributed by atoms with van der Waals surface area (Å²) in [5, 5.41) is 25.7. The van der Waals surface area contributed by atoms with E-state index in [9.17, 15) is 39.0 Å². The second kappa shape index (κ2) is 21.2. The predicted molar refractivity (Wildman–Crippen MR) is 243 cm³/mol. The van der Waals surface area contributed by atoms with Gasteiger partial charge >= 0.3 is 0 Å². The number of nitrogens with one attached hydrogen (secondary N) is 1. The number of halogens is 1. The normalized spacial score (nSPS) is 17.4. The zero-order valence-corrected chi connectivity index (χ0v) is 36.8. The predicted octanol–water partition coefficient (Wildman–Crippen LogP) is 7.51. The molecule has 0 aliphatic carbocycles. The second-order valence-electron chi connectivity index (χ2n) is 16.5. The first kappa shape index (κ1) is 46.9. The molecule has 1 aliphatic rings. The van der Waals surface area contributed by atoms with Gasteiger partial charge in [-0.2, -0.15) is 0 Å². The Balaban J connectivity index is 1.31. The van der Waals surface area contributed by atoms with E-state index in [4.69, 9.17) is 17.3 Å². The lowest BCUT2D eigenvalue weighted by Gasteiger charge is -2.32. The number of Topliss-reactive ketones (excluding diaryl/α,β-unsaturated/α-hetero) is 4. The maximum absolute atomic E-state index is 14.7. The fourth-order valence-corrected chi connectivity index (χ4v) is 8.20. The molecule has 5 atom stereocenters. The number of aromatic hydroxyl groups is 2. The van der Waals surface area contributed by atoms with Crippen molar-refractivity contribution in [3.05, 3.63) is 131 Å². The molecule has 0 saturated carbocycles. The van der Waals surface area contributed by atoms with E-state index >= 15 is 0 Å². The number of likely N-dealkylation sites (N-methyl/N-ethyl adjacent to an activating group) is 1. The molecule has 1 aliphatic heterocycles. The van der Waals surface area contributed by atoms with E-state index in [1.165, 1.54) is 48.6 Å². The van der Waals surface area contributed by atoms with Gasteiger partial charge in [0.15, 0.2) is 23.2 Å². The number of unbranched alkanes of at least 4 members (excludes halogenated alkanes) is 1. The lowest BCUT2D eigenvalue weighted by atomic mass is 9.87. The van der Waals surface area contributed by atoms with Crippen LogP contribution in [0.15, 0.2) is 103 Å². The summed E-state index contributed by atoms with van der Waals surface area (Å²) in [7, 11) is 1.47. The lowest BCUT2D eigenvalue weighted by Crippen LogP contribution is -2.46. The number of rotatable bonds is 15. The third kappa shape index (κ3) is 11.3. The minimum Gasteiger partial charge on any atom is -0.507 e. The van der Waals surface area contributed by atoms with Crippen LogP contribution in [-0.2, 0) is 25.6 Å². The van der Waals surface area contributed by atoms with E-state index < -0.39 is 59.0 Å². The van der Waals surface area contributed by atoms with Crippen LogP contribution in [0.2, 0.25) is 5.02 Å². The summed E-state index contributed by atoms with van der Waals surface area (Å²) in [5.41, 5.74) is 9.21. The summed E-state index contributed by atoms with van der Waals surface area (Å²) in [6, 6.07) is 22.5. The van der Waals surface area contributed by atoms with Gasteiger partial charge in [-0.25, -0.2) is 9.97 Å². The molecule has 1 unspecified atom stereocenters. The Labute approximate surface area is 377 Å². The summed E-state index contributed by atoms with van der Waals surface area (Å²) >= 11 is 6.06. The fourth-order valence-electron chi connectivity index (χ4n) is 8.07. The number of phenolic OH excluding ortho intramolecular Hbond substituents is 2. The topological polar surface area (TPSA) is 210 Å². The number of phenols is 2. The van der Waals surface area contributed by atoms with Crippen LogP contribution in [0, 0.1) is 17.8 Å². The molecule has 4 aromatic carbocycles. The van der Waals surface area contributed by atoms with Gasteiger partial charge in [-0.15, -0.1) is 0 Å². The van der Waals surface area contributed by atoms with Crippen LogP contribution in [0.3, 0.4) is 0 Å². The van der Waals surface area contributed by atoms with Crippen molar-refractivity contribution >= 4 is 46.5 Å². The van der Waals surface area contributed by atoms with Gasteiger partial charge in [0.2, 0.25) is 17.6 Å². The number of ketones is 4. The molecule has 14 heteroatoms. The number of carbonyl (C=O) groups is 6. The molecule has 0 saturated heterocycles. The minimum absolute atomic E-state index is 0.0294. The molecule has 2 amide bonds. The van der Waals surface area contributed by atoms with Crippen LogP contribution in [0.4, 0.5) is 0 Å². The van der Waals surface area contributed by atoms with Gasteiger partial charge in [0.1, 0.15) is 17.5 Å². The molecule has 1 aromatic heterocycles. The van der Waals surface area contributed by atoms with Crippen molar-refractivity contribution in [2.45, 2.75) is 70.9 Å². The number of benzene rings is 4. The van der Waals surface area contributed by atoms with Crippen LogP contribution >= 0.6 is 11.6 Å². The van der Waals surface area contributed by atoms with Crippen molar-refractivity contribution < 1.29 is 39.0 Å². The molecule has 13 nitrogen and oxygen atoms in total. The number of nitrogens with zero attached hydrogens (tertiary/aromatic N) is 3. The summed E-state index contributed by atoms with van der Waals surface area (Å²) in [4.78, 5) is 93.4. The monoisotopic (exact) mass is 885 g/mol. The number of amides is 2. The van der Waals surface area contributed by atoms with Gasteiger partial charge in [-0.1, -0.05) is 80.4 Å². The van der Waals surface area contributed by atoms with Crippen LogP contribution in [0.5, 0.6) is 11.5 Å². The van der Waals surface area contributed by atoms with E-state index in [1.807, 2.05) is 24.3 Å². The van der Waals surface area contributed by atoms with Crippen LogP contribution in [0.25, 0.3) is 22.3 Å². The van der Waals surface area contributed by atoms with Crippen LogP contribution < -0.4 is 11.1 Å². The van der Waals surface area contributed by atoms with Gasteiger partial charge in [0.05, 0.1) is 6.04 Å². The molecule has 5 N–H and O–H groups in total. The summed E-state index contributed by atoms with van der Waals surface area (Å²) in [5.74, 6) is -5.85. The molecule has 4 bridgehead atoms. The lowest BCUT2D eigenvalue weighted by molar-refractivity contribution is -0.142. The Kier molecular flexibility index (Phi) is 15.5. The van der Waals surface area contributed by atoms with E-state index in [0.29, 0.717) is 47.5 Å². The van der Waals surface area contributed by atoms with Crippen molar-refractivity contribution in [1.29, 1.82) is 0 Å². The van der Waals surface area contributed by atoms with E-state index in [-0.39, 0.29) is 59.9 Å². The molecular formula is C50H52ClN5O8. The second-order valence-corrected chi connectivity index (χ2v) is 17.0. The number of nitrogens with two attached hydrogens (primary N) is 1. The molecule has 64 heavy (non-hydrogen) atoms. The average Bonchev–Trinajstić information content (AvgIpc) is 3.29. The Bertz CT molecular complexity index is 2510. The highest BCUT2D eigenvalue weighted by molar-refractivity contribution is 6.30. The minimum atomic E-state index is -1.29. The van der Waals surface area contributed by atoms with E-state index in [0.717, 1.165) is 11.1 Å². The number of carbonyl (C=O) groups excluding carboxylic acids is 6. The van der Waals surface area contributed by atoms with Gasteiger partial charge in [-0.3, -0.25) is 28.8 Å². The number of aromatic nitrogens is 2. The molecule has 6 rings (SSSR count). The number of hydrogen-bond acceptors (Lipinski definition) is 11. The van der Waals surface area contributed by atoms with Crippen molar-refractivity contribution in [3.8, 4) is 33.8 Å². The molecule has 0 fully saturated rings. The maximum atomic E-state index is 14.7. The SMILES string of the molecule is CC(CC(=O)[C@@H]1Cc2ccc(O)c(c2)-c2cc(ccc2O)[C@H](N(C)C(=O)[C@H](CCCCN)CC(=O)c2ccc(-c3ccc(Cl)cc3)cc2)C(=O)C[C@@H](C)C(=O)N1)C(=O)c1ncccn1. The molecule has 332 valence electrons. The van der Waals surface area contributed by atoms with E-state index in [1.54, 1.807) is 56.3 Å². The van der Waals surface area contributed by atoms with Crippen molar-refractivity contribution in [2.75, 3.05) is 13.6 Å². The third-order valence-electron chi connectivity index (χ3n) is 11.7. The zero-order valence-electron chi connectivity index (χ0n) is 36.0. The quantitative estimate of drug-likeness (QED) is 0.0597. The Hall–Kier alpha value is -6.57. The summed E-state index contributed by atoms with van der Waals surface area (Å²) < 4.78 is 0. The van der Waals surface area contributed by atoms with Crippen LogP contribution in [0.1, 0.15) is 90.5 Å². The Morgan fingerprint density at radius 1 is 0.844 bits per heavy atom. The van der Waals surface area contributed by atoms with Crippen molar-refractivity contribution in [3.63, 3.8) is 0 Å². The summed E-state index contributed by atoms with van der Waals surface area (Å²) in [6.07, 6.45) is 3.55. The maximum Gasteiger partial charge on any atom is 0.226 e. The van der Waals surface area contributed by atoms with E-state index in [2.05, 4.69) is 15.3 Å². The van der Waals surface area contributed by atoms with Gasteiger partial charge in [-0.05, 0) is 90.5 Å². The standard InChI is InChI=1S/C50H52ClN5O8/c1-29(47(62)48-53-21-6-22-54-48)23-44(60)40-26-31-8-18-41(57)38(25-31)39-27-35(15-19-42(39)58)46(45(61)24-30(2)49(63)55-40)56(3)50(64)36(7-4-5-20-52)28-43(59)34-11-9-32(10-12-34)33-13-16-37(51)17-14-33/h6,8-19,21-22,25,27,29-30,36,40,46,57-58H,4-5,7,20,23-24,26,28,52H2,1-3H3,(H,55,63)/t29?,30-,36-,40+,46+/m1/s1. The third-order valence-corrected chi connectivity index (χ3v) is 12.0. The molecular weight excluding hydrogens is 834 g/mol. The summed E-state index contributed by atoms with van der Waals surface area (Å²) in [6.45, 7) is 3.51. The highest BCUT2D eigenvalue weighted by atomic mass is 35.5.